The van der Waals surface area contributed by atoms with Gasteiger partial charge in [-0.25, -0.2) is 8.42 Å². The molecule has 36 heavy (non-hydrogen) atoms. The molecule has 0 bridgehead atoms. The summed E-state index contributed by atoms with van der Waals surface area (Å²) < 4.78 is 66.5. The molecule has 2 aromatic carbocycles. The fourth-order valence-corrected chi connectivity index (χ4v) is 6.03. The van der Waals surface area contributed by atoms with E-state index in [0.29, 0.717) is 23.0 Å². The molecular weight excluding hydrogens is 515 g/mol. The number of nitrogens with zero attached hydrogens (tertiary/aromatic N) is 5. The molecule has 0 saturated carbocycles. The van der Waals surface area contributed by atoms with Crippen molar-refractivity contribution in [3.8, 4) is 6.07 Å². The zero-order valence-electron chi connectivity index (χ0n) is 19.4. The first-order chi connectivity index (χ1) is 16.7. The number of alkyl halides is 3. The van der Waals surface area contributed by atoms with E-state index in [1.807, 2.05) is 0 Å². The van der Waals surface area contributed by atoms with Crippen molar-refractivity contribution in [3.63, 3.8) is 0 Å². The highest BCUT2D eigenvalue weighted by Gasteiger charge is 2.50. The SMILES string of the molecule is CCCS(=O)(=O)n1ncc2cc(N3C(=S)N(c4ccc(C#N)c(C(F)(F)F)c4)C(=O)C3(C)C)ccc21. The van der Waals surface area contributed by atoms with E-state index in [9.17, 15) is 26.4 Å². The molecule has 0 aliphatic carbocycles. The standard InChI is InChI=1S/C23H20F3N5O3S2/c1-4-9-36(33,34)31-19-8-7-17(10-15(19)13-28-31)30-21(35)29(20(32)22(30,2)3)16-6-5-14(12-27)18(11-16)23(24,25)26/h5-8,10-11,13H,4,9H2,1-3H3. The van der Waals surface area contributed by atoms with E-state index >= 15 is 0 Å². The lowest BCUT2D eigenvalue weighted by Crippen LogP contribution is -2.44. The fraction of sp³-hybridized carbons (Fsp3) is 0.304. The molecule has 188 valence electrons. The minimum atomic E-state index is -4.80. The maximum absolute atomic E-state index is 13.5. The Bertz CT molecular complexity index is 1560. The van der Waals surface area contributed by atoms with Gasteiger partial charge in [0.05, 0.1) is 40.3 Å². The van der Waals surface area contributed by atoms with E-state index in [1.54, 1.807) is 39.0 Å². The van der Waals surface area contributed by atoms with Crippen molar-refractivity contribution >= 4 is 55.5 Å². The number of amides is 1. The zero-order chi connectivity index (χ0) is 26.6. The van der Waals surface area contributed by atoms with Crippen LogP contribution in [0.4, 0.5) is 24.5 Å². The van der Waals surface area contributed by atoms with Crippen molar-refractivity contribution in [1.82, 2.24) is 9.19 Å². The van der Waals surface area contributed by atoms with Gasteiger partial charge in [-0.1, -0.05) is 6.92 Å². The van der Waals surface area contributed by atoms with E-state index < -0.39 is 38.8 Å². The summed E-state index contributed by atoms with van der Waals surface area (Å²) in [5.74, 6) is -0.644. The first kappa shape index (κ1) is 25.6. The minimum absolute atomic E-state index is 0.0619. The Morgan fingerprint density at radius 2 is 1.81 bits per heavy atom. The summed E-state index contributed by atoms with van der Waals surface area (Å²) in [6.07, 6.45) is -3.00. The maximum Gasteiger partial charge on any atom is 0.417 e. The summed E-state index contributed by atoms with van der Waals surface area (Å²) >= 11 is 5.54. The predicted molar refractivity (Wildman–Crippen MR) is 132 cm³/mol. The molecule has 1 saturated heterocycles. The number of rotatable bonds is 5. The largest absolute Gasteiger partial charge is 0.417 e. The highest BCUT2D eigenvalue weighted by atomic mass is 32.2. The molecule has 3 aromatic rings. The van der Waals surface area contributed by atoms with Crippen LogP contribution < -0.4 is 9.80 Å². The van der Waals surface area contributed by atoms with Gasteiger partial charge in [-0.05, 0) is 68.9 Å². The van der Waals surface area contributed by atoms with Crippen molar-refractivity contribution in [2.45, 2.75) is 38.9 Å². The molecule has 0 unspecified atom stereocenters. The predicted octanol–water partition coefficient (Wildman–Crippen LogP) is 4.43. The Morgan fingerprint density at radius 1 is 1.14 bits per heavy atom. The van der Waals surface area contributed by atoms with Crippen LogP contribution in [0.2, 0.25) is 0 Å². The number of fused-ring (bicyclic) bond motifs is 1. The molecular formula is C23H20F3N5O3S2. The number of halogens is 3. The normalized spacial score (nSPS) is 16.1. The number of hydrogen-bond donors (Lipinski definition) is 0. The Kier molecular flexibility index (Phi) is 6.09. The van der Waals surface area contributed by atoms with E-state index in [2.05, 4.69) is 5.10 Å². The Labute approximate surface area is 210 Å². The van der Waals surface area contributed by atoms with Crippen LogP contribution in [0, 0.1) is 11.3 Å². The molecule has 1 aliphatic rings. The average molecular weight is 536 g/mol. The third kappa shape index (κ3) is 4.00. The van der Waals surface area contributed by atoms with Gasteiger partial charge in [0.1, 0.15) is 5.54 Å². The van der Waals surface area contributed by atoms with Gasteiger partial charge in [0.25, 0.3) is 15.9 Å². The van der Waals surface area contributed by atoms with Gasteiger partial charge < -0.3 is 4.90 Å². The number of nitriles is 1. The first-order valence-electron chi connectivity index (χ1n) is 10.7. The van der Waals surface area contributed by atoms with E-state index in [1.165, 1.54) is 23.2 Å². The lowest BCUT2D eigenvalue weighted by atomic mass is 10.0. The van der Waals surface area contributed by atoms with Crippen molar-refractivity contribution < 1.29 is 26.4 Å². The molecule has 1 aliphatic heterocycles. The molecule has 2 heterocycles. The molecule has 0 radical (unpaired) electrons. The Morgan fingerprint density at radius 3 is 2.42 bits per heavy atom. The van der Waals surface area contributed by atoms with Gasteiger partial charge in [-0.3, -0.25) is 9.69 Å². The Balaban J connectivity index is 1.79. The lowest BCUT2D eigenvalue weighted by molar-refractivity contribution is -0.137. The molecule has 0 spiro atoms. The monoisotopic (exact) mass is 535 g/mol. The Hall–Kier alpha value is -3.50. The smallest absolute Gasteiger partial charge is 0.304 e. The van der Waals surface area contributed by atoms with Gasteiger partial charge in [0.15, 0.2) is 5.11 Å². The number of thiocarbonyl (C=S) groups is 1. The quantitative estimate of drug-likeness (QED) is 0.446. The second-order valence-electron chi connectivity index (χ2n) is 8.70. The minimum Gasteiger partial charge on any atom is -0.304 e. The highest BCUT2D eigenvalue weighted by Crippen LogP contribution is 2.40. The molecule has 1 aromatic heterocycles. The fourth-order valence-electron chi connectivity index (χ4n) is 4.16. The van der Waals surface area contributed by atoms with Crippen LogP contribution in [-0.2, 0) is 21.0 Å². The average Bonchev–Trinajstić information content (AvgIpc) is 3.29. The van der Waals surface area contributed by atoms with Gasteiger partial charge in [0.2, 0.25) is 0 Å². The van der Waals surface area contributed by atoms with Crippen LogP contribution in [0.1, 0.15) is 38.3 Å². The van der Waals surface area contributed by atoms with E-state index in [4.69, 9.17) is 17.5 Å². The van der Waals surface area contributed by atoms with Crippen LogP contribution in [-0.4, -0.2) is 39.9 Å². The topological polar surface area (TPSA) is 99.3 Å². The maximum atomic E-state index is 13.5. The number of hydrogen-bond acceptors (Lipinski definition) is 6. The summed E-state index contributed by atoms with van der Waals surface area (Å²) in [5.41, 5.74) is -2.35. The number of carbonyl (C=O) groups is 1. The second-order valence-corrected chi connectivity index (χ2v) is 11.0. The number of benzene rings is 2. The molecule has 0 atom stereocenters. The summed E-state index contributed by atoms with van der Waals surface area (Å²) in [5, 5.41) is 13.5. The molecule has 0 N–H and O–H groups in total. The molecule has 8 nitrogen and oxygen atoms in total. The lowest BCUT2D eigenvalue weighted by Gasteiger charge is -2.29. The van der Waals surface area contributed by atoms with Crippen LogP contribution in [0.5, 0.6) is 0 Å². The van der Waals surface area contributed by atoms with Crippen molar-refractivity contribution in [1.29, 1.82) is 5.26 Å². The first-order valence-corrected chi connectivity index (χ1v) is 12.8. The summed E-state index contributed by atoms with van der Waals surface area (Å²) in [7, 11) is -3.65. The van der Waals surface area contributed by atoms with Crippen molar-refractivity contribution in [2.75, 3.05) is 15.6 Å². The van der Waals surface area contributed by atoms with Crippen LogP contribution in [0.25, 0.3) is 10.9 Å². The number of anilines is 2. The highest BCUT2D eigenvalue weighted by molar-refractivity contribution is 7.89. The molecule has 1 fully saturated rings. The van der Waals surface area contributed by atoms with Gasteiger partial charge >= 0.3 is 6.18 Å². The zero-order valence-corrected chi connectivity index (χ0v) is 21.0. The van der Waals surface area contributed by atoms with Crippen molar-refractivity contribution in [2.24, 2.45) is 0 Å². The second kappa shape index (κ2) is 8.56. The summed E-state index contributed by atoms with van der Waals surface area (Å²) in [6.45, 7) is 4.90. The number of aromatic nitrogens is 2. The third-order valence-corrected chi connectivity index (χ3v) is 7.97. The van der Waals surface area contributed by atoms with E-state index in [0.717, 1.165) is 21.1 Å². The summed E-state index contributed by atoms with van der Waals surface area (Å²) in [4.78, 5) is 15.9. The van der Waals surface area contributed by atoms with Crippen molar-refractivity contribution in [3.05, 3.63) is 53.7 Å². The van der Waals surface area contributed by atoms with Crippen LogP contribution in [0.15, 0.2) is 42.6 Å². The van der Waals surface area contributed by atoms with Crippen LogP contribution >= 0.6 is 12.2 Å². The third-order valence-electron chi connectivity index (χ3n) is 5.86. The number of carbonyl (C=O) groups excluding carboxylic acids is 1. The summed E-state index contributed by atoms with van der Waals surface area (Å²) in [6, 6.07) is 9.22. The van der Waals surface area contributed by atoms with Gasteiger partial charge in [-0.15, -0.1) is 0 Å². The molecule has 4 rings (SSSR count). The molecule has 1 amide bonds. The molecule has 13 heteroatoms. The van der Waals surface area contributed by atoms with Crippen LogP contribution in [0.3, 0.4) is 0 Å². The van der Waals surface area contributed by atoms with Gasteiger partial charge in [0, 0.05) is 11.1 Å². The van der Waals surface area contributed by atoms with E-state index in [-0.39, 0.29) is 16.6 Å². The van der Waals surface area contributed by atoms with Gasteiger partial charge in [-0.2, -0.15) is 27.6 Å².